The Morgan fingerprint density at radius 1 is 1.40 bits per heavy atom. The summed E-state index contributed by atoms with van der Waals surface area (Å²) in [4.78, 5) is 0.393. The summed E-state index contributed by atoms with van der Waals surface area (Å²) in [5.41, 5.74) is 7.57. The molecule has 1 fully saturated rings. The van der Waals surface area contributed by atoms with Crippen molar-refractivity contribution < 1.29 is 8.42 Å². The largest absolute Gasteiger partial charge is 0.326 e. The zero-order chi connectivity index (χ0) is 14.8. The van der Waals surface area contributed by atoms with Gasteiger partial charge in [0.05, 0.1) is 4.90 Å². The van der Waals surface area contributed by atoms with E-state index in [0.717, 1.165) is 30.4 Å². The molecule has 1 unspecified atom stereocenters. The van der Waals surface area contributed by atoms with Crippen LogP contribution in [0.1, 0.15) is 37.3 Å². The highest BCUT2D eigenvalue weighted by atomic mass is 32.2. The van der Waals surface area contributed by atoms with Crippen molar-refractivity contribution in [3.8, 4) is 0 Å². The Morgan fingerprint density at radius 3 is 2.75 bits per heavy atom. The van der Waals surface area contributed by atoms with E-state index in [-0.39, 0.29) is 0 Å². The molecule has 20 heavy (non-hydrogen) atoms. The quantitative estimate of drug-likeness (QED) is 0.927. The van der Waals surface area contributed by atoms with Crippen molar-refractivity contribution >= 4 is 10.0 Å². The summed E-state index contributed by atoms with van der Waals surface area (Å²) in [5.74, 6) is 0.489. The predicted molar refractivity (Wildman–Crippen MR) is 80.8 cm³/mol. The van der Waals surface area contributed by atoms with Crippen LogP contribution in [-0.4, -0.2) is 25.8 Å². The molecular weight excluding hydrogens is 272 g/mol. The van der Waals surface area contributed by atoms with Gasteiger partial charge in [-0.3, -0.25) is 0 Å². The maximum absolute atomic E-state index is 12.7. The summed E-state index contributed by atoms with van der Waals surface area (Å²) in [6.45, 7) is 5.76. The van der Waals surface area contributed by atoms with Crippen molar-refractivity contribution in [1.29, 1.82) is 0 Å². The summed E-state index contributed by atoms with van der Waals surface area (Å²) in [7, 11) is -3.36. The molecule has 4 nitrogen and oxygen atoms in total. The molecule has 0 amide bonds. The third-order valence-electron chi connectivity index (χ3n) is 4.23. The molecule has 2 rings (SSSR count). The fourth-order valence-corrected chi connectivity index (χ4v) is 4.43. The van der Waals surface area contributed by atoms with Crippen LogP contribution in [0, 0.1) is 12.8 Å². The van der Waals surface area contributed by atoms with Gasteiger partial charge in [0.2, 0.25) is 10.0 Å². The number of aryl methyl sites for hydroxylation is 1. The van der Waals surface area contributed by atoms with Gasteiger partial charge in [-0.25, -0.2) is 8.42 Å². The summed E-state index contributed by atoms with van der Waals surface area (Å²) in [6.07, 6.45) is 3.13. The van der Waals surface area contributed by atoms with Crippen molar-refractivity contribution in [2.75, 3.05) is 13.1 Å². The highest BCUT2D eigenvalue weighted by Gasteiger charge is 2.29. The first-order valence-corrected chi connectivity index (χ1v) is 8.72. The predicted octanol–water partition coefficient (Wildman–Crippen LogP) is 2.26. The minimum absolute atomic E-state index is 0.393. The van der Waals surface area contributed by atoms with Crippen molar-refractivity contribution in [2.45, 2.75) is 44.6 Å². The van der Waals surface area contributed by atoms with Crippen LogP contribution in [0.5, 0.6) is 0 Å². The van der Waals surface area contributed by atoms with Crippen molar-refractivity contribution in [1.82, 2.24) is 4.31 Å². The number of nitrogens with zero attached hydrogens (tertiary/aromatic N) is 1. The van der Waals surface area contributed by atoms with Crippen LogP contribution in [0.25, 0.3) is 0 Å². The van der Waals surface area contributed by atoms with Crippen LogP contribution < -0.4 is 5.73 Å². The molecule has 0 spiro atoms. The molecule has 0 saturated carbocycles. The minimum Gasteiger partial charge on any atom is -0.326 e. The van der Waals surface area contributed by atoms with Gasteiger partial charge < -0.3 is 5.73 Å². The fraction of sp³-hybridized carbons (Fsp3) is 0.600. The summed E-state index contributed by atoms with van der Waals surface area (Å²) in [6, 6.07) is 5.25. The van der Waals surface area contributed by atoms with E-state index in [1.54, 1.807) is 16.4 Å². The normalized spacial score (nSPS) is 21.1. The fourth-order valence-electron chi connectivity index (χ4n) is 2.79. The van der Waals surface area contributed by atoms with E-state index in [9.17, 15) is 8.42 Å². The van der Waals surface area contributed by atoms with E-state index in [2.05, 4.69) is 6.92 Å². The van der Waals surface area contributed by atoms with Gasteiger partial charge in [0, 0.05) is 19.6 Å². The van der Waals surface area contributed by atoms with E-state index >= 15 is 0 Å². The van der Waals surface area contributed by atoms with Gasteiger partial charge in [0.1, 0.15) is 0 Å². The molecular formula is C15H24N2O2S. The second kappa shape index (κ2) is 6.24. The van der Waals surface area contributed by atoms with Crippen molar-refractivity contribution in [3.05, 3.63) is 29.3 Å². The number of hydrogen-bond donors (Lipinski definition) is 1. The number of nitrogens with two attached hydrogens (primary N) is 1. The zero-order valence-corrected chi connectivity index (χ0v) is 13.1. The van der Waals surface area contributed by atoms with Gasteiger partial charge in [0.15, 0.2) is 0 Å². The molecule has 2 N–H and O–H groups in total. The minimum atomic E-state index is -3.36. The molecule has 1 aliphatic heterocycles. The van der Waals surface area contributed by atoms with Gasteiger partial charge in [0.25, 0.3) is 0 Å². The molecule has 1 aromatic rings. The maximum atomic E-state index is 12.7. The van der Waals surface area contributed by atoms with Gasteiger partial charge in [-0.1, -0.05) is 19.4 Å². The third kappa shape index (κ3) is 3.05. The van der Waals surface area contributed by atoms with E-state index in [1.165, 1.54) is 0 Å². The van der Waals surface area contributed by atoms with Gasteiger partial charge in [-0.15, -0.1) is 0 Å². The zero-order valence-electron chi connectivity index (χ0n) is 12.3. The Kier molecular flexibility index (Phi) is 4.83. The molecule has 0 bridgehead atoms. The Hall–Kier alpha value is -0.910. The Balaban J connectivity index is 2.28. The summed E-state index contributed by atoms with van der Waals surface area (Å²) in [5, 5.41) is 0. The molecule has 0 radical (unpaired) electrons. The SMILES string of the molecule is CCC1CCCN(S(=O)(=O)c2ccc(CN)c(C)c2)C1. The average Bonchev–Trinajstić information content (AvgIpc) is 2.47. The first-order chi connectivity index (χ1) is 9.48. The monoisotopic (exact) mass is 296 g/mol. The Bertz CT molecular complexity index is 569. The number of piperidine rings is 1. The smallest absolute Gasteiger partial charge is 0.243 e. The first kappa shape index (κ1) is 15.5. The topological polar surface area (TPSA) is 63.4 Å². The molecule has 1 saturated heterocycles. The van der Waals surface area contributed by atoms with E-state index in [1.807, 2.05) is 13.0 Å². The van der Waals surface area contributed by atoms with E-state index in [4.69, 9.17) is 5.73 Å². The number of hydrogen-bond acceptors (Lipinski definition) is 3. The Labute approximate surface area is 122 Å². The summed E-state index contributed by atoms with van der Waals surface area (Å²) < 4.78 is 27.0. The lowest BCUT2D eigenvalue weighted by Gasteiger charge is -2.31. The average molecular weight is 296 g/mol. The second-order valence-electron chi connectivity index (χ2n) is 5.57. The van der Waals surface area contributed by atoms with Crippen LogP contribution in [0.15, 0.2) is 23.1 Å². The molecule has 1 aromatic carbocycles. The first-order valence-electron chi connectivity index (χ1n) is 7.28. The van der Waals surface area contributed by atoms with Crippen LogP contribution >= 0.6 is 0 Å². The van der Waals surface area contributed by atoms with E-state index in [0.29, 0.717) is 30.4 Å². The number of sulfonamides is 1. The van der Waals surface area contributed by atoms with Gasteiger partial charge in [-0.05, 0) is 48.9 Å². The van der Waals surface area contributed by atoms with Gasteiger partial charge in [-0.2, -0.15) is 4.31 Å². The van der Waals surface area contributed by atoms with E-state index < -0.39 is 10.0 Å². The third-order valence-corrected chi connectivity index (χ3v) is 6.09. The van der Waals surface area contributed by atoms with Crippen LogP contribution in [0.3, 0.4) is 0 Å². The van der Waals surface area contributed by atoms with Gasteiger partial charge >= 0.3 is 0 Å². The van der Waals surface area contributed by atoms with Crippen molar-refractivity contribution in [2.24, 2.45) is 11.7 Å². The highest BCUT2D eigenvalue weighted by molar-refractivity contribution is 7.89. The second-order valence-corrected chi connectivity index (χ2v) is 7.51. The summed E-state index contributed by atoms with van der Waals surface area (Å²) >= 11 is 0. The lowest BCUT2D eigenvalue weighted by molar-refractivity contribution is 0.261. The molecule has 112 valence electrons. The standard InChI is InChI=1S/C15H24N2O2S/c1-3-13-5-4-8-17(11-13)20(18,19)15-7-6-14(10-16)12(2)9-15/h6-7,9,13H,3-5,8,10-11,16H2,1-2H3. The van der Waals surface area contributed by atoms with Crippen molar-refractivity contribution in [3.63, 3.8) is 0 Å². The Morgan fingerprint density at radius 2 is 2.15 bits per heavy atom. The maximum Gasteiger partial charge on any atom is 0.243 e. The lowest BCUT2D eigenvalue weighted by Crippen LogP contribution is -2.39. The number of benzene rings is 1. The molecule has 0 aromatic heterocycles. The molecule has 1 aliphatic rings. The lowest BCUT2D eigenvalue weighted by atomic mass is 9.97. The molecule has 1 atom stereocenters. The highest BCUT2D eigenvalue weighted by Crippen LogP contribution is 2.26. The molecule has 0 aliphatic carbocycles. The molecule has 1 heterocycles. The van der Waals surface area contributed by atoms with Crippen LogP contribution in [0.4, 0.5) is 0 Å². The molecule has 5 heteroatoms. The number of rotatable bonds is 4. The van der Waals surface area contributed by atoms with Crippen LogP contribution in [-0.2, 0) is 16.6 Å². The van der Waals surface area contributed by atoms with Crippen LogP contribution in [0.2, 0.25) is 0 Å².